The van der Waals surface area contributed by atoms with E-state index in [0.717, 1.165) is 24.8 Å². The predicted octanol–water partition coefficient (Wildman–Crippen LogP) is 2.69. The molecule has 0 bridgehead atoms. The molecule has 20 heavy (non-hydrogen) atoms. The largest absolute Gasteiger partial charge is 0.493 e. The van der Waals surface area contributed by atoms with Crippen molar-refractivity contribution in [3.63, 3.8) is 0 Å². The maximum atomic E-state index is 12.1. The Bertz CT molecular complexity index is 427. The van der Waals surface area contributed by atoms with E-state index in [1.54, 1.807) is 12.1 Å². The first-order chi connectivity index (χ1) is 9.69. The number of hydrogen-bond donors (Lipinski definition) is 1. The van der Waals surface area contributed by atoms with Crippen LogP contribution in [0, 0.1) is 5.92 Å². The molecule has 0 heterocycles. The predicted molar refractivity (Wildman–Crippen MR) is 80.6 cm³/mol. The zero-order chi connectivity index (χ0) is 14.4. The summed E-state index contributed by atoms with van der Waals surface area (Å²) in [5.74, 6) is 1.67. The molecule has 1 fully saturated rings. The lowest BCUT2D eigenvalue weighted by molar-refractivity contribution is -0.132. The fraction of sp³-hybridized carbons (Fsp3) is 0.562. The summed E-state index contributed by atoms with van der Waals surface area (Å²) in [6, 6.07) is 7.25. The molecule has 1 saturated carbocycles. The number of ether oxygens (including phenoxy) is 1. The van der Waals surface area contributed by atoms with Crippen LogP contribution in [0.4, 0.5) is 5.69 Å². The summed E-state index contributed by atoms with van der Waals surface area (Å²) in [6.45, 7) is 4.16. The minimum Gasteiger partial charge on any atom is -0.493 e. The lowest BCUT2D eigenvalue weighted by Gasteiger charge is -2.31. The van der Waals surface area contributed by atoms with E-state index in [9.17, 15) is 4.79 Å². The van der Waals surface area contributed by atoms with E-state index >= 15 is 0 Å². The Balaban J connectivity index is 1.71. The highest BCUT2D eigenvalue weighted by atomic mass is 16.5. The second-order valence-electron chi connectivity index (χ2n) is 5.40. The fourth-order valence-electron chi connectivity index (χ4n) is 2.37. The molecular formula is C16H24N2O2. The van der Waals surface area contributed by atoms with Gasteiger partial charge in [0, 0.05) is 18.8 Å². The molecule has 4 heteroatoms. The number of anilines is 1. The molecule has 0 atom stereocenters. The van der Waals surface area contributed by atoms with E-state index in [-0.39, 0.29) is 5.91 Å². The number of nitrogens with two attached hydrogens (primary N) is 1. The molecule has 1 amide bonds. The van der Waals surface area contributed by atoms with Crippen molar-refractivity contribution < 1.29 is 9.53 Å². The van der Waals surface area contributed by atoms with Gasteiger partial charge < -0.3 is 15.4 Å². The van der Waals surface area contributed by atoms with Gasteiger partial charge in [-0.25, -0.2) is 0 Å². The zero-order valence-electron chi connectivity index (χ0n) is 12.2. The number of benzene rings is 1. The Morgan fingerprint density at radius 1 is 1.35 bits per heavy atom. The summed E-state index contributed by atoms with van der Waals surface area (Å²) in [7, 11) is 0. The van der Waals surface area contributed by atoms with Crippen LogP contribution in [0.1, 0.15) is 32.6 Å². The molecule has 0 aromatic heterocycles. The van der Waals surface area contributed by atoms with Crippen LogP contribution in [0.5, 0.6) is 5.75 Å². The number of hydrogen-bond acceptors (Lipinski definition) is 3. The number of nitrogens with zero attached hydrogens (tertiary/aromatic N) is 1. The lowest BCUT2D eigenvalue weighted by atomic mass is 9.85. The second kappa shape index (κ2) is 7.17. The second-order valence-corrected chi connectivity index (χ2v) is 5.40. The van der Waals surface area contributed by atoms with E-state index in [0.29, 0.717) is 18.7 Å². The number of carbonyl (C=O) groups is 1. The average molecular weight is 276 g/mol. The molecule has 1 aliphatic carbocycles. The minimum atomic E-state index is 0.190. The van der Waals surface area contributed by atoms with Gasteiger partial charge in [0.1, 0.15) is 5.75 Å². The Kier molecular flexibility index (Phi) is 5.27. The van der Waals surface area contributed by atoms with Crippen molar-refractivity contribution in [1.29, 1.82) is 0 Å². The third-order valence-electron chi connectivity index (χ3n) is 3.90. The topological polar surface area (TPSA) is 55.6 Å². The normalized spacial score (nSPS) is 14.7. The highest BCUT2D eigenvalue weighted by molar-refractivity contribution is 5.76. The van der Waals surface area contributed by atoms with Gasteiger partial charge in [-0.3, -0.25) is 4.79 Å². The zero-order valence-corrected chi connectivity index (χ0v) is 12.2. The van der Waals surface area contributed by atoms with Crippen molar-refractivity contribution in [2.75, 3.05) is 25.4 Å². The quantitative estimate of drug-likeness (QED) is 0.779. The van der Waals surface area contributed by atoms with E-state index in [1.165, 1.54) is 19.3 Å². The van der Waals surface area contributed by atoms with Gasteiger partial charge in [0.25, 0.3) is 0 Å². The molecule has 0 aliphatic heterocycles. The van der Waals surface area contributed by atoms with Gasteiger partial charge in [0.05, 0.1) is 13.0 Å². The molecular weight excluding hydrogens is 252 g/mol. The Hall–Kier alpha value is -1.71. The molecule has 1 aliphatic rings. The molecule has 0 spiro atoms. The summed E-state index contributed by atoms with van der Waals surface area (Å²) in [5.41, 5.74) is 6.32. The molecule has 1 aromatic carbocycles. The summed E-state index contributed by atoms with van der Waals surface area (Å²) < 4.78 is 5.57. The molecule has 0 radical (unpaired) electrons. The van der Waals surface area contributed by atoms with Crippen LogP contribution >= 0.6 is 0 Å². The monoisotopic (exact) mass is 276 g/mol. The van der Waals surface area contributed by atoms with Crippen LogP contribution in [0.15, 0.2) is 24.3 Å². The standard InChI is InChI=1S/C16H24N2O2/c1-2-18(12-13-4-3-5-13)16(19)10-11-20-15-8-6-14(17)7-9-15/h6-9,13H,2-5,10-12,17H2,1H3. The number of nitrogen functional groups attached to an aromatic ring is 1. The van der Waals surface area contributed by atoms with Crippen molar-refractivity contribution in [3.8, 4) is 5.75 Å². The van der Waals surface area contributed by atoms with Gasteiger partial charge >= 0.3 is 0 Å². The van der Waals surface area contributed by atoms with Crippen LogP contribution < -0.4 is 10.5 Å². The van der Waals surface area contributed by atoms with Crippen molar-refractivity contribution in [1.82, 2.24) is 4.90 Å². The SMILES string of the molecule is CCN(CC1CCC1)C(=O)CCOc1ccc(N)cc1. The minimum absolute atomic E-state index is 0.190. The van der Waals surface area contributed by atoms with E-state index in [1.807, 2.05) is 24.0 Å². The molecule has 2 rings (SSSR count). The van der Waals surface area contributed by atoms with Crippen LogP contribution in [-0.4, -0.2) is 30.5 Å². The van der Waals surface area contributed by atoms with Crippen molar-refractivity contribution >= 4 is 11.6 Å². The van der Waals surface area contributed by atoms with E-state index in [2.05, 4.69) is 0 Å². The first kappa shape index (κ1) is 14.7. The average Bonchev–Trinajstić information content (AvgIpc) is 2.40. The third kappa shape index (κ3) is 4.15. The molecule has 4 nitrogen and oxygen atoms in total. The smallest absolute Gasteiger partial charge is 0.225 e. The first-order valence-electron chi connectivity index (χ1n) is 7.45. The van der Waals surface area contributed by atoms with Crippen LogP contribution in [0.3, 0.4) is 0 Å². The Morgan fingerprint density at radius 3 is 2.60 bits per heavy atom. The van der Waals surface area contributed by atoms with Crippen LogP contribution in [0.25, 0.3) is 0 Å². The highest BCUT2D eigenvalue weighted by Gasteiger charge is 2.22. The molecule has 0 unspecified atom stereocenters. The summed E-state index contributed by atoms with van der Waals surface area (Å²) >= 11 is 0. The van der Waals surface area contributed by atoms with Gasteiger partial charge in [0.2, 0.25) is 5.91 Å². The summed E-state index contributed by atoms with van der Waals surface area (Å²) in [4.78, 5) is 14.1. The Labute approximate surface area is 120 Å². The lowest BCUT2D eigenvalue weighted by Crippen LogP contribution is -2.37. The molecule has 1 aromatic rings. The van der Waals surface area contributed by atoms with Crippen LogP contribution in [-0.2, 0) is 4.79 Å². The van der Waals surface area contributed by atoms with E-state index in [4.69, 9.17) is 10.5 Å². The first-order valence-corrected chi connectivity index (χ1v) is 7.45. The number of carbonyl (C=O) groups excluding carboxylic acids is 1. The van der Waals surface area contributed by atoms with E-state index < -0.39 is 0 Å². The summed E-state index contributed by atoms with van der Waals surface area (Å²) in [6.07, 6.45) is 4.29. The van der Waals surface area contributed by atoms with Crippen LogP contribution in [0.2, 0.25) is 0 Å². The van der Waals surface area contributed by atoms with Crippen molar-refractivity contribution in [3.05, 3.63) is 24.3 Å². The molecule has 110 valence electrons. The highest BCUT2D eigenvalue weighted by Crippen LogP contribution is 2.27. The number of amides is 1. The maximum Gasteiger partial charge on any atom is 0.225 e. The summed E-state index contributed by atoms with van der Waals surface area (Å²) in [5, 5.41) is 0. The maximum absolute atomic E-state index is 12.1. The van der Waals surface area contributed by atoms with Gasteiger partial charge in [-0.1, -0.05) is 6.42 Å². The van der Waals surface area contributed by atoms with Crippen molar-refractivity contribution in [2.24, 2.45) is 5.92 Å². The fourth-order valence-corrected chi connectivity index (χ4v) is 2.37. The molecule has 2 N–H and O–H groups in total. The Morgan fingerprint density at radius 2 is 2.05 bits per heavy atom. The number of rotatable bonds is 7. The van der Waals surface area contributed by atoms with Gasteiger partial charge in [-0.15, -0.1) is 0 Å². The van der Waals surface area contributed by atoms with Crippen molar-refractivity contribution in [2.45, 2.75) is 32.6 Å². The van der Waals surface area contributed by atoms with Gasteiger partial charge in [-0.2, -0.15) is 0 Å². The third-order valence-corrected chi connectivity index (χ3v) is 3.90. The molecule has 0 saturated heterocycles. The van der Waals surface area contributed by atoms with Gasteiger partial charge in [-0.05, 0) is 49.9 Å². The van der Waals surface area contributed by atoms with Gasteiger partial charge in [0.15, 0.2) is 0 Å².